The van der Waals surface area contributed by atoms with Crippen LogP contribution in [0.15, 0.2) is 0 Å². The van der Waals surface area contributed by atoms with Crippen LogP contribution in [0.5, 0.6) is 0 Å². The Kier molecular flexibility index (Phi) is 4.98. The molecule has 0 aromatic carbocycles. The van der Waals surface area contributed by atoms with Gasteiger partial charge in [-0.1, -0.05) is 20.8 Å². The van der Waals surface area contributed by atoms with Crippen molar-refractivity contribution in [2.75, 3.05) is 18.1 Å². The molecular formula is C8H17NO3S. The Morgan fingerprint density at radius 3 is 2.31 bits per heavy atom. The second kappa shape index (κ2) is 5.21. The van der Waals surface area contributed by atoms with Crippen molar-refractivity contribution in [3.05, 3.63) is 0 Å². The van der Waals surface area contributed by atoms with E-state index in [1.54, 1.807) is 20.8 Å². The summed E-state index contributed by atoms with van der Waals surface area (Å²) in [5.74, 6) is -0.0393. The van der Waals surface area contributed by atoms with Crippen LogP contribution in [-0.4, -0.2) is 32.4 Å². The van der Waals surface area contributed by atoms with Crippen molar-refractivity contribution in [2.45, 2.75) is 20.8 Å². The van der Waals surface area contributed by atoms with E-state index in [4.69, 9.17) is 0 Å². The van der Waals surface area contributed by atoms with Gasteiger partial charge in [0.05, 0.1) is 5.75 Å². The lowest BCUT2D eigenvalue weighted by Crippen LogP contribution is -2.32. The minimum absolute atomic E-state index is 0.0297. The molecule has 0 heterocycles. The van der Waals surface area contributed by atoms with Gasteiger partial charge in [-0.2, -0.15) is 0 Å². The van der Waals surface area contributed by atoms with Gasteiger partial charge in [-0.15, -0.1) is 0 Å². The SMILES string of the molecule is CCS(=O)(=O)CCNC(=O)C(C)C. The topological polar surface area (TPSA) is 63.2 Å². The molecule has 0 radical (unpaired) electrons. The second-order valence-corrected chi connectivity index (χ2v) is 5.65. The van der Waals surface area contributed by atoms with Gasteiger partial charge in [0.25, 0.3) is 0 Å². The van der Waals surface area contributed by atoms with Gasteiger partial charge in [0, 0.05) is 18.2 Å². The van der Waals surface area contributed by atoms with Crippen molar-refractivity contribution in [2.24, 2.45) is 5.92 Å². The van der Waals surface area contributed by atoms with Crippen LogP contribution in [0.4, 0.5) is 0 Å². The lowest BCUT2D eigenvalue weighted by molar-refractivity contribution is -0.123. The van der Waals surface area contributed by atoms with Crippen LogP contribution in [0.1, 0.15) is 20.8 Å². The molecule has 0 spiro atoms. The van der Waals surface area contributed by atoms with Crippen molar-refractivity contribution in [3.63, 3.8) is 0 Å². The van der Waals surface area contributed by atoms with Crippen LogP contribution in [0, 0.1) is 5.92 Å². The van der Waals surface area contributed by atoms with Crippen LogP contribution < -0.4 is 5.32 Å². The first kappa shape index (κ1) is 12.4. The number of carbonyl (C=O) groups is 1. The largest absolute Gasteiger partial charge is 0.355 e. The zero-order valence-electron chi connectivity index (χ0n) is 8.33. The van der Waals surface area contributed by atoms with Crippen LogP contribution >= 0.6 is 0 Å². The molecule has 0 fully saturated rings. The number of nitrogens with one attached hydrogen (secondary N) is 1. The Balaban J connectivity index is 3.76. The predicted molar refractivity (Wildman–Crippen MR) is 52.2 cm³/mol. The molecule has 0 bridgehead atoms. The summed E-state index contributed by atoms with van der Waals surface area (Å²) < 4.78 is 22.0. The summed E-state index contributed by atoms with van der Waals surface area (Å²) in [4.78, 5) is 11.0. The van der Waals surface area contributed by atoms with Crippen LogP contribution in [-0.2, 0) is 14.6 Å². The predicted octanol–water partition coefficient (Wildman–Crippen LogP) is 0.193. The molecule has 4 nitrogen and oxygen atoms in total. The molecule has 78 valence electrons. The van der Waals surface area contributed by atoms with Gasteiger partial charge in [-0.3, -0.25) is 4.79 Å². The summed E-state index contributed by atoms with van der Waals surface area (Å²) >= 11 is 0. The van der Waals surface area contributed by atoms with E-state index in [0.29, 0.717) is 0 Å². The molecule has 0 unspecified atom stereocenters. The average Bonchev–Trinajstić information content (AvgIpc) is 2.04. The Morgan fingerprint density at radius 2 is 1.92 bits per heavy atom. The normalized spacial score (nSPS) is 11.7. The molecule has 0 aliphatic carbocycles. The van der Waals surface area contributed by atoms with E-state index in [9.17, 15) is 13.2 Å². The van der Waals surface area contributed by atoms with E-state index in [-0.39, 0.29) is 29.9 Å². The molecule has 13 heavy (non-hydrogen) atoms. The number of carbonyl (C=O) groups excluding carboxylic acids is 1. The quantitative estimate of drug-likeness (QED) is 0.700. The minimum Gasteiger partial charge on any atom is -0.355 e. The number of amides is 1. The molecule has 1 amide bonds. The van der Waals surface area contributed by atoms with Crippen molar-refractivity contribution in [1.29, 1.82) is 0 Å². The highest BCUT2D eigenvalue weighted by Crippen LogP contribution is 1.91. The summed E-state index contributed by atoms with van der Waals surface area (Å²) in [5.41, 5.74) is 0. The smallest absolute Gasteiger partial charge is 0.222 e. The number of hydrogen-bond donors (Lipinski definition) is 1. The van der Waals surface area contributed by atoms with Crippen LogP contribution in [0.2, 0.25) is 0 Å². The molecule has 0 atom stereocenters. The summed E-state index contributed by atoms with van der Waals surface area (Å²) in [6.45, 7) is 5.35. The van der Waals surface area contributed by atoms with Crippen LogP contribution in [0.3, 0.4) is 0 Å². The third-order valence-corrected chi connectivity index (χ3v) is 3.38. The standard InChI is InChI=1S/C8H17NO3S/c1-4-13(11,12)6-5-9-8(10)7(2)3/h7H,4-6H2,1-3H3,(H,9,10). The maximum atomic E-state index is 11.0. The zero-order chi connectivity index (χ0) is 10.5. The third-order valence-electron chi connectivity index (χ3n) is 1.68. The number of hydrogen-bond acceptors (Lipinski definition) is 3. The lowest BCUT2D eigenvalue weighted by Gasteiger charge is -2.06. The third kappa shape index (κ3) is 5.63. The Hall–Kier alpha value is -0.580. The molecule has 5 heteroatoms. The van der Waals surface area contributed by atoms with Crippen molar-refractivity contribution in [1.82, 2.24) is 5.32 Å². The first-order chi connectivity index (χ1) is 5.89. The first-order valence-electron chi connectivity index (χ1n) is 4.37. The molecule has 1 N–H and O–H groups in total. The fourth-order valence-corrected chi connectivity index (χ4v) is 1.38. The first-order valence-corrected chi connectivity index (χ1v) is 6.19. The second-order valence-electron chi connectivity index (χ2n) is 3.18. The van der Waals surface area contributed by atoms with Gasteiger partial charge in [-0.25, -0.2) is 8.42 Å². The number of sulfone groups is 1. The Bertz CT molecular complexity index is 257. The van der Waals surface area contributed by atoms with Crippen molar-refractivity contribution >= 4 is 15.7 Å². The van der Waals surface area contributed by atoms with Gasteiger partial charge >= 0.3 is 0 Å². The molecule has 0 aliphatic rings. The molecule has 0 saturated heterocycles. The fourth-order valence-electron chi connectivity index (χ4n) is 0.678. The Morgan fingerprint density at radius 1 is 1.38 bits per heavy atom. The zero-order valence-corrected chi connectivity index (χ0v) is 9.15. The van der Waals surface area contributed by atoms with Gasteiger partial charge in [0.2, 0.25) is 5.91 Å². The molecule has 0 aliphatic heterocycles. The summed E-state index contributed by atoms with van der Waals surface area (Å²) in [6.07, 6.45) is 0. The minimum atomic E-state index is -2.96. The fraction of sp³-hybridized carbons (Fsp3) is 0.875. The maximum absolute atomic E-state index is 11.0. The lowest BCUT2D eigenvalue weighted by atomic mass is 10.2. The van der Waals surface area contributed by atoms with Gasteiger partial charge in [0.1, 0.15) is 0 Å². The van der Waals surface area contributed by atoms with Gasteiger partial charge in [0.15, 0.2) is 9.84 Å². The highest BCUT2D eigenvalue weighted by atomic mass is 32.2. The van der Waals surface area contributed by atoms with E-state index in [1.807, 2.05) is 0 Å². The number of rotatable bonds is 5. The summed E-state index contributed by atoms with van der Waals surface area (Å²) in [5, 5.41) is 2.55. The average molecular weight is 207 g/mol. The molecule has 0 rings (SSSR count). The molecule has 0 saturated carbocycles. The highest BCUT2D eigenvalue weighted by Gasteiger charge is 2.09. The van der Waals surface area contributed by atoms with Crippen LogP contribution in [0.25, 0.3) is 0 Å². The van der Waals surface area contributed by atoms with Gasteiger partial charge < -0.3 is 5.32 Å². The van der Waals surface area contributed by atoms with Crippen molar-refractivity contribution in [3.8, 4) is 0 Å². The van der Waals surface area contributed by atoms with E-state index in [1.165, 1.54) is 0 Å². The molecular weight excluding hydrogens is 190 g/mol. The molecule has 0 aromatic rings. The summed E-state index contributed by atoms with van der Waals surface area (Å²) in [7, 11) is -2.96. The Labute approximate surface area is 79.6 Å². The maximum Gasteiger partial charge on any atom is 0.222 e. The molecule has 0 aromatic heterocycles. The van der Waals surface area contributed by atoms with E-state index in [2.05, 4.69) is 5.32 Å². The van der Waals surface area contributed by atoms with Gasteiger partial charge in [-0.05, 0) is 0 Å². The highest BCUT2D eigenvalue weighted by molar-refractivity contribution is 7.91. The van der Waals surface area contributed by atoms with E-state index in [0.717, 1.165) is 0 Å². The monoisotopic (exact) mass is 207 g/mol. The van der Waals surface area contributed by atoms with E-state index >= 15 is 0 Å². The van der Waals surface area contributed by atoms with E-state index < -0.39 is 9.84 Å². The van der Waals surface area contributed by atoms with Crippen molar-refractivity contribution < 1.29 is 13.2 Å². The summed E-state index contributed by atoms with van der Waals surface area (Å²) in [6, 6.07) is 0.